The van der Waals surface area contributed by atoms with Gasteiger partial charge in [0.1, 0.15) is 12.4 Å². The summed E-state index contributed by atoms with van der Waals surface area (Å²) in [6, 6.07) is 16.9. The molecule has 0 atom stereocenters. The van der Waals surface area contributed by atoms with Crippen LogP contribution in [0, 0.1) is 6.92 Å². The lowest BCUT2D eigenvalue weighted by Gasteiger charge is -2.08. The van der Waals surface area contributed by atoms with Crippen molar-refractivity contribution in [2.45, 2.75) is 13.5 Å². The predicted molar refractivity (Wildman–Crippen MR) is 108 cm³/mol. The van der Waals surface area contributed by atoms with E-state index in [0.29, 0.717) is 24.6 Å². The fraction of sp³-hybridized carbons (Fsp3) is 0.143. The highest BCUT2D eigenvalue weighted by molar-refractivity contribution is 6.02. The van der Waals surface area contributed by atoms with Gasteiger partial charge in [-0.1, -0.05) is 29.0 Å². The number of ether oxygens (including phenoxy) is 1. The van der Waals surface area contributed by atoms with Crippen molar-refractivity contribution in [3.05, 3.63) is 84.4 Å². The number of nitrogens with one attached hydrogen (secondary N) is 1. The number of amides is 1. The highest BCUT2D eigenvalue weighted by Gasteiger charge is 2.12. The molecule has 1 amide bonds. The summed E-state index contributed by atoms with van der Waals surface area (Å²) in [5.74, 6) is 0.329. The maximum absolute atomic E-state index is 12.5. The van der Waals surface area contributed by atoms with Crippen molar-refractivity contribution in [1.29, 1.82) is 0 Å². The largest absolute Gasteiger partial charge is 0.492 e. The van der Waals surface area contributed by atoms with Crippen LogP contribution in [0.5, 0.6) is 5.75 Å². The maximum Gasteiger partial charge on any atom is 0.277 e. The molecule has 2 aromatic carbocycles. The summed E-state index contributed by atoms with van der Waals surface area (Å²) in [4.78, 5) is 12.5. The van der Waals surface area contributed by atoms with Crippen LogP contribution in [0.3, 0.4) is 0 Å². The molecule has 8 nitrogen and oxygen atoms in total. The first kappa shape index (κ1) is 18.4. The number of aryl methyl sites for hydroxylation is 1. The standard InChI is InChI=1S/C21H20N6O2/c1-16-6-8-18(9-7-16)27-15-20(24-25-27)21(28)23-17-4-2-5-19(14-17)29-13-12-26-11-3-10-22-26/h2-11,14-15H,12-13H2,1H3,(H,23,28). The molecule has 0 aliphatic carbocycles. The molecule has 1 N–H and O–H groups in total. The van der Waals surface area contributed by atoms with E-state index in [2.05, 4.69) is 20.7 Å². The second-order valence-electron chi connectivity index (χ2n) is 6.48. The van der Waals surface area contributed by atoms with Crippen LogP contribution in [0.1, 0.15) is 16.1 Å². The van der Waals surface area contributed by atoms with Crippen LogP contribution in [0.25, 0.3) is 5.69 Å². The van der Waals surface area contributed by atoms with Gasteiger partial charge in [-0.05, 0) is 37.3 Å². The molecule has 0 unspecified atom stereocenters. The van der Waals surface area contributed by atoms with E-state index in [0.717, 1.165) is 11.3 Å². The third-order valence-electron chi connectivity index (χ3n) is 4.26. The van der Waals surface area contributed by atoms with Gasteiger partial charge in [0.25, 0.3) is 5.91 Å². The molecule has 0 aliphatic rings. The highest BCUT2D eigenvalue weighted by atomic mass is 16.5. The number of nitrogens with zero attached hydrogens (tertiary/aromatic N) is 5. The van der Waals surface area contributed by atoms with Crippen molar-refractivity contribution in [3.63, 3.8) is 0 Å². The Labute approximate surface area is 167 Å². The number of hydrogen-bond donors (Lipinski definition) is 1. The van der Waals surface area contributed by atoms with Gasteiger partial charge in [-0.15, -0.1) is 5.10 Å². The van der Waals surface area contributed by atoms with Crippen LogP contribution in [0.15, 0.2) is 73.2 Å². The van der Waals surface area contributed by atoms with Crippen molar-refractivity contribution < 1.29 is 9.53 Å². The summed E-state index contributed by atoms with van der Waals surface area (Å²) in [6.45, 7) is 3.13. The normalized spacial score (nSPS) is 10.7. The lowest BCUT2D eigenvalue weighted by atomic mass is 10.2. The Kier molecular flexibility index (Phi) is 5.33. The van der Waals surface area contributed by atoms with Gasteiger partial charge in [0.05, 0.1) is 18.4 Å². The second-order valence-corrected chi connectivity index (χ2v) is 6.48. The number of carbonyl (C=O) groups excluding carboxylic acids is 1. The van der Waals surface area contributed by atoms with E-state index in [4.69, 9.17) is 4.74 Å². The Bertz CT molecular complexity index is 1090. The molecule has 0 radical (unpaired) electrons. The Morgan fingerprint density at radius 1 is 1.14 bits per heavy atom. The first-order valence-corrected chi connectivity index (χ1v) is 9.18. The van der Waals surface area contributed by atoms with E-state index in [9.17, 15) is 4.79 Å². The average Bonchev–Trinajstić information content (AvgIpc) is 3.41. The number of benzene rings is 2. The first-order valence-electron chi connectivity index (χ1n) is 9.18. The summed E-state index contributed by atoms with van der Waals surface area (Å²) < 4.78 is 9.10. The SMILES string of the molecule is Cc1ccc(-n2cc(C(=O)Nc3cccc(OCCn4cccn4)c3)nn2)cc1. The van der Waals surface area contributed by atoms with Gasteiger partial charge in [0.2, 0.25) is 0 Å². The zero-order valence-corrected chi connectivity index (χ0v) is 15.9. The van der Waals surface area contributed by atoms with E-state index in [1.165, 1.54) is 0 Å². The highest BCUT2D eigenvalue weighted by Crippen LogP contribution is 2.18. The van der Waals surface area contributed by atoms with Crippen molar-refractivity contribution in [2.75, 3.05) is 11.9 Å². The first-order chi connectivity index (χ1) is 14.2. The van der Waals surface area contributed by atoms with Gasteiger partial charge in [-0.2, -0.15) is 5.10 Å². The molecular formula is C21H20N6O2. The molecule has 0 aliphatic heterocycles. The number of hydrogen-bond acceptors (Lipinski definition) is 5. The fourth-order valence-electron chi connectivity index (χ4n) is 2.74. The Morgan fingerprint density at radius 3 is 2.79 bits per heavy atom. The van der Waals surface area contributed by atoms with Crippen LogP contribution in [0.2, 0.25) is 0 Å². The Balaban J connectivity index is 1.37. The molecule has 0 bridgehead atoms. The summed E-state index contributed by atoms with van der Waals surface area (Å²) in [7, 11) is 0. The smallest absolute Gasteiger partial charge is 0.277 e. The molecule has 29 heavy (non-hydrogen) atoms. The zero-order valence-electron chi connectivity index (χ0n) is 15.9. The number of rotatable bonds is 7. The lowest BCUT2D eigenvalue weighted by molar-refractivity contribution is 0.102. The van der Waals surface area contributed by atoms with Crippen LogP contribution in [0.4, 0.5) is 5.69 Å². The molecule has 146 valence electrons. The number of carbonyl (C=O) groups is 1. The van der Waals surface area contributed by atoms with Crippen LogP contribution >= 0.6 is 0 Å². The summed E-state index contributed by atoms with van der Waals surface area (Å²) in [5.41, 5.74) is 2.85. The second kappa shape index (κ2) is 8.39. The van der Waals surface area contributed by atoms with Gasteiger partial charge in [0, 0.05) is 24.1 Å². The number of anilines is 1. The van der Waals surface area contributed by atoms with E-state index < -0.39 is 0 Å². The Hall–Kier alpha value is -3.94. The molecule has 0 saturated heterocycles. The minimum absolute atomic E-state index is 0.232. The molecule has 0 spiro atoms. The zero-order chi connectivity index (χ0) is 20.1. The van der Waals surface area contributed by atoms with Gasteiger partial charge < -0.3 is 10.1 Å². The van der Waals surface area contributed by atoms with Crippen molar-refractivity contribution in [2.24, 2.45) is 0 Å². The predicted octanol–water partition coefficient (Wildman–Crippen LogP) is 3.10. The third-order valence-corrected chi connectivity index (χ3v) is 4.26. The summed E-state index contributed by atoms with van der Waals surface area (Å²) in [6.07, 6.45) is 5.21. The number of aromatic nitrogens is 5. The average molecular weight is 388 g/mol. The van der Waals surface area contributed by atoms with E-state index in [-0.39, 0.29) is 11.6 Å². The minimum atomic E-state index is -0.336. The molecular weight excluding hydrogens is 368 g/mol. The molecule has 2 heterocycles. The third kappa shape index (κ3) is 4.67. The summed E-state index contributed by atoms with van der Waals surface area (Å²) in [5, 5.41) is 15.0. The van der Waals surface area contributed by atoms with Crippen LogP contribution in [-0.2, 0) is 6.54 Å². The molecule has 0 fully saturated rings. The van der Waals surface area contributed by atoms with Gasteiger partial charge in [-0.3, -0.25) is 9.48 Å². The summed E-state index contributed by atoms with van der Waals surface area (Å²) >= 11 is 0. The van der Waals surface area contributed by atoms with E-state index >= 15 is 0 Å². The van der Waals surface area contributed by atoms with Crippen molar-refractivity contribution in [3.8, 4) is 11.4 Å². The van der Waals surface area contributed by atoms with Gasteiger partial charge in [0.15, 0.2) is 5.69 Å². The van der Waals surface area contributed by atoms with E-state index in [1.807, 2.05) is 55.6 Å². The van der Waals surface area contributed by atoms with Gasteiger partial charge in [-0.25, -0.2) is 4.68 Å². The van der Waals surface area contributed by atoms with Crippen LogP contribution < -0.4 is 10.1 Å². The molecule has 2 aromatic heterocycles. The fourth-order valence-corrected chi connectivity index (χ4v) is 2.74. The lowest BCUT2D eigenvalue weighted by Crippen LogP contribution is -2.13. The molecule has 0 saturated carbocycles. The topological polar surface area (TPSA) is 86.9 Å². The minimum Gasteiger partial charge on any atom is -0.492 e. The van der Waals surface area contributed by atoms with Crippen LogP contribution in [-0.4, -0.2) is 37.3 Å². The van der Waals surface area contributed by atoms with Crippen molar-refractivity contribution in [1.82, 2.24) is 24.8 Å². The monoisotopic (exact) mass is 388 g/mol. The molecule has 4 rings (SSSR count). The molecule has 8 heteroatoms. The maximum atomic E-state index is 12.5. The quantitative estimate of drug-likeness (QED) is 0.526. The molecule has 4 aromatic rings. The van der Waals surface area contributed by atoms with Crippen molar-refractivity contribution >= 4 is 11.6 Å². The van der Waals surface area contributed by atoms with E-state index in [1.54, 1.807) is 33.9 Å². The Morgan fingerprint density at radius 2 is 2.00 bits per heavy atom. The van der Waals surface area contributed by atoms with Gasteiger partial charge >= 0.3 is 0 Å².